The molecule has 0 aromatic heterocycles. The van der Waals surface area contributed by atoms with Crippen molar-refractivity contribution >= 4 is 39.7 Å². The summed E-state index contributed by atoms with van der Waals surface area (Å²) in [5.41, 5.74) is 3.86. The molecule has 2 rings (SSSR count). The first-order valence-corrected chi connectivity index (χ1v) is 6.67. The van der Waals surface area contributed by atoms with E-state index in [-0.39, 0.29) is 5.91 Å². The maximum atomic E-state index is 11.8. The van der Waals surface area contributed by atoms with Crippen LogP contribution in [0.2, 0.25) is 5.02 Å². The van der Waals surface area contributed by atoms with E-state index >= 15 is 0 Å². The molecule has 0 atom stereocenters. The predicted octanol–water partition coefficient (Wildman–Crippen LogP) is 3.87. The molecule has 2 aromatic rings. The molecular weight excluding hydrogens is 328 g/mol. The normalized spacial score (nSPS) is 10.6. The van der Waals surface area contributed by atoms with Gasteiger partial charge in [-0.3, -0.25) is 4.79 Å². The second kappa shape index (κ2) is 6.50. The average Bonchev–Trinajstić information content (AvgIpc) is 2.41. The largest absolute Gasteiger partial charge is 0.271 e. The molecule has 0 saturated carbocycles. The lowest BCUT2D eigenvalue weighted by molar-refractivity contribution is 0.0955. The molecule has 0 saturated heterocycles. The molecule has 96 valence electrons. The molecule has 0 aliphatic heterocycles. The number of carbonyl (C=O) groups is 1. The van der Waals surface area contributed by atoms with Gasteiger partial charge in [0.2, 0.25) is 0 Å². The Balaban J connectivity index is 2.01. The van der Waals surface area contributed by atoms with E-state index < -0.39 is 0 Å². The van der Waals surface area contributed by atoms with Gasteiger partial charge in [-0.15, -0.1) is 0 Å². The van der Waals surface area contributed by atoms with E-state index in [9.17, 15) is 4.79 Å². The highest BCUT2D eigenvalue weighted by atomic mass is 79.9. The Kier molecular flexibility index (Phi) is 4.71. The molecule has 0 fully saturated rings. The summed E-state index contributed by atoms with van der Waals surface area (Å²) in [4.78, 5) is 11.8. The number of hydrazone groups is 1. The summed E-state index contributed by atoms with van der Waals surface area (Å²) in [6.07, 6.45) is 1.58. The monoisotopic (exact) mass is 336 g/mol. The van der Waals surface area contributed by atoms with Crippen molar-refractivity contribution in [3.63, 3.8) is 0 Å². The molecule has 1 amide bonds. The Morgan fingerprint density at radius 3 is 2.53 bits per heavy atom. The number of nitrogens with zero attached hydrogens (tertiary/aromatic N) is 1. The van der Waals surface area contributed by atoms with Crippen molar-refractivity contribution in [2.75, 3.05) is 0 Å². The summed E-state index contributed by atoms with van der Waals surface area (Å²) in [7, 11) is 0. The summed E-state index contributed by atoms with van der Waals surface area (Å²) in [6.45, 7) is 0. The van der Waals surface area contributed by atoms with Crippen molar-refractivity contribution in [3.05, 3.63) is 69.2 Å². The first kappa shape index (κ1) is 13.8. The molecular formula is C14H10BrClN2O. The van der Waals surface area contributed by atoms with Crippen molar-refractivity contribution in [2.45, 2.75) is 0 Å². The highest BCUT2D eigenvalue weighted by molar-refractivity contribution is 9.10. The standard InChI is InChI=1S/C14H10BrClN2O/c15-13-4-2-1-3-11(13)9-17-18-14(19)10-5-7-12(16)8-6-10/h1-9H,(H,18,19)/b17-9+. The fraction of sp³-hybridized carbons (Fsp3) is 0. The van der Waals surface area contributed by atoms with Crippen molar-refractivity contribution in [2.24, 2.45) is 5.10 Å². The number of carbonyl (C=O) groups excluding carboxylic acids is 1. The van der Waals surface area contributed by atoms with Gasteiger partial charge in [-0.1, -0.05) is 45.7 Å². The number of rotatable bonds is 3. The summed E-state index contributed by atoms with van der Waals surface area (Å²) in [5.74, 6) is -0.278. The van der Waals surface area contributed by atoms with E-state index in [1.807, 2.05) is 24.3 Å². The van der Waals surface area contributed by atoms with Gasteiger partial charge in [0.15, 0.2) is 0 Å². The zero-order valence-corrected chi connectivity index (χ0v) is 12.1. The van der Waals surface area contributed by atoms with Crippen LogP contribution in [-0.2, 0) is 0 Å². The Morgan fingerprint density at radius 2 is 1.84 bits per heavy atom. The highest BCUT2D eigenvalue weighted by Crippen LogP contribution is 2.13. The van der Waals surface area contributed by atoms with Gasteiger partial charge < -0.3 is 0 Å². The van der Waals surface area contributed by atoms with Crippen LogP contribution in [0.1, 0.15) is 15.9 Å². The maximum absolute atomic E-state index is 11.8. The van der Waals surface area contributed by atoms with Crippen LogP contribution >= 0.6 is 27.5 Å². The fourth-order valence-corrected chi connectivity index (χ4v) is 1.92. The van der Waals surface area contributed by atoms with Gasteiger partial charge in [0.1, 0.15) is 0 Å². The third-order valence-corrected chi connectivity index (χ3v) is 3.36. The minimum absolute atomic E-state index is 0.278. The number of benzene rings is 2. The molecule has 0 spiro atoms. The van der Waals surface area contributed by atoms with Crippen LogP contribution < -0.4 is 5.43 Å². The van der Waals surface area contributed by atoms with Crippen LogP contribution in [0, 0.1) is 0 Å². The molecule has 3 nitrogen and oxygen atoms in total. The molecule has 0 heterocycles. The number of nitrogens with one attached hydrogen (secondary N) is 1. The van der Waals surface area contributed by atoms with Crippen LogP contribution in [0.25, 0.3) is 0 Å². The van der Waals surface area contributed by atoms with E-state index in [1.54, 1.807) is 30.5 Å². The minimum atomic E-state index is -0.278. The number of hydrogen-bond acceptors (Lipinski definition) is 2. The fourth-order valence-electron chi connectivity index (χ4n) is 1.41. The van der Waals surface area contributed by atoms with Gasteiger partial charge in [-0.2, -0.15) is 5.10 Å². The molecule has 5 heteroatoms. The molecule has 19 heavy (non-hydrogen) atoms. The van der Waals surface area contributed by atoms with Gasteiger partial charge in [0.05, 0.1) is 6.21 Å². The van der Waals surface area contributed by atoms with Gasteiger partial charge in [-0.25, -0.2) is 5.43 Å². The molecule has 0 radical (unpaired) electrons. The van der Waals surface area contributed by atoms with Gasteiger partial charge in [-0.05, 0) is 30.3 Å². The molecule has 0 aliphatic rings. The van der Waals surface area contributed by atoms with Crippen LogP contribution in [0.3, 0.4) is 0 Å². The SMILES string of the molecule is O=C(N/N=C/c1ccccc1Br)c1ccc(Cl)cc1. The lowest BCUT2D eigenvalue weighted by Gasteiger charge is -2.00. The minimum Gasteiger partial charge on any atom is -0.267 e. The van der Waals surface area contributed by atoms with Crippen LogP contribution in [0.15, 0.2) is 58.1 Å². The highest BCUT2D eigenvalue weighted by Gasteiger charge is 2.03. The van der Waals surface area contributed by atoms with Crippen LogP contribution in [0.4, 0.5) is 0 Å². The summed E-state index contributed by atoms with van der Waals surface area (Å²) < 4.78 is 0.916. The number of hydrogen-bond donors (Lipinski definition) is 1. The van der Waals surface area contributed by atoms with Crippen LogP contribution in [0.5, 0.6) is 0 Å². The maximum Gasteiger partial charge on any atom is 0.271 e. The zero-order chi connectivity index (χ0) is 13.7. The second-order valence-electron chi connectivity index (χ2n) is 3.73. The van der Waals surface area contributed by atoms with Crippen molar-refractivity contribution in [1.29, 1.82) is 0 Å². The molecule has 2 aromatic carbocycles. The van der Waals surface area contributed by atoms with E-state index in [0.717, 1.165) is 10.0 Å². The molecule has 0 bridgehead atoms. The van der Waals surface area contributed by atoms with Crippen molar-refractivity contribution in [1.82, 2.24) is 5.43 Å². The Hall–Kier alpha value is -1.65. The first-order valence-electron chi connectivity index (χ1n) is 5.50. The molecule has 1 N–H and O–H groups in total. The number of halogens is 2. The van der Waals surface area contributed by atoms with Gasteiger partial charge in [0, 0.05) is 20.6 Å². The Bertz CT molecular complexity index is 611. The van der Waals surface area contributed by atoms with E-state index in [2.05, 4.69) is 26.5 Å². The Morgan fingerprint density at radius 1 is 1.16 bits per heavy atom. The lowest BCUT2D eigenvalue weighted by Crippen LogP contribution is -2.17. The van der Waals surface area contributed by atoms with Crippen molar-refractivity contribution in [3.8, 4) is 0 Å². The Labute approximate surface area is 124 Å². The van der Waals surface area contributed by atoms with E-state index in [4.69, 9.17) is 11.6 Å². The van der Waals surface area contributed by atoms with Gasteiger partial charge >= 0.3 is 0 Å². The first-order chi connectivity index (χ1) is 9.16. The third kappa shape index (κ3) is 3.91. The summed E-state index contributed by atoms with van der Waals surface area (Å²) >= 11 is 9.15. The second-order valence-corrected chi connectivity index (χ2v) is 5.02. The van der Waals surface area contributed by atoms with Gasteiger partial charge in [0.25, 0.3) is 5.91 Å². The lowest BCUT2D eigenvalue weighted by atomic mass is 10.2. The molecule has 0 unspecified atom stereocenters. The topological polar surface area (TPSA) is 41.5 Å². The smallest absolute Gasteiger partial charge is 0.267 e. The quantitative estimate of drug-likeness (QED) is 0.670. The average molecular weight is 338 g/mol. The van der Waals surface area contributed by atoms with E-state index in [0.29, 0.717) is 10.6 Å². The predicted molar refractivity (Wildman–Crippen MR) is 80.7 cm³/mol. The van der Waals surface area contributed by atoms with Crippen LogP contribution in [-0.4, -0.2) is 12.1 Å². The summed E-state index contributed by atoms with van der Waals surface area (Å²) in [6, 6.07) is 14.2. The zero-order valence-electron chi connectivity index (χ0n) is 9.81. The number of amides is 1. The molecule has 0 aliphatic carbocycles. The van der Waals surface area contributed by atoms with Crippen molar-refractivity contribution < 1.29 is 4.79 Å². The summed E-state index contributed by atoms with van der Waals surface area (Å²) in [5, 5.41) is 4.50. The van der Waals surface area contributed by atoms with E-state index in [1.165, 1.54) is 0 Å². The third-order valence-electron chi connectivity index (χ3n) is 2.38.